The summed E-state index contributed by atoms with van der Waals surface area (Å²) in [6, 6.07) is 3.84. The monoisotopic (exact) mass is 481 g/mol. The van der Waals surface area contributed by atoms with Crippen LogP contribution >= 0.6 is 0 Å². The second-order valence-corrected chi connectivity index (χ2v) is 7.81. The van der Waals surface area contributed by atoms with E-state index in [-0.39, 0.29) is 29.2 Å². The summed E-state index contributed by atoms with van der Waals surface area (Å²) in [6.45, 7) is 3.41. The molecule has 3 aromatic rings. The first kappa shape index (κ1) is 25.2. The van der Waals surface area contributed by atoms with Crippen LogP contribution in [-0.4, -0.2) is 29.7 Å². The Labute approximate surface area is 192 Å². The molecule has 0 fully saturated rings. The third kappa shape index (κ3) is 5.06. The summed E-state index contributed by atoms with van der Waals surface area (Å²) in [6.07, 6.45) is -2.48. The van der Waals surface area contributed by atoms with Crippen LogP contribution in [0.15, 0.2) is 33.9 Å². The topological polar surface area (TPSA) is 111 Å². The second kappa shape index (κ2) is 10.2. The van der Waals surface area contributed by atoms with Gasteiger partial charge >= 0.3 is 11.9 Å². The number of fused-ring (bicyclic) bond motifs is 1. The largest absolute Gasteiger partial charge is 0.416 e. The molecule has 34 heavy (non-hydrogen) atoms. The van der Waals surface area contributed by atoms with Crippen LogP contribution in [0.2, 0.25) is 0 Å². The smallest absolute Gasteiger partial charge is 0.388 e. The van der Waals surface area contributed by atoms with Crippen LogP contribution in [0.3, 0.4) is 0 Å². The average Bonchev–Trinajstić information content (AvgIpc) is 3.15. The molecule has 0 bridgehead atoms. The van der Waals surface area contributed by atoms with Gasteiger partial charge in [-0.05, 0) is 37.1 Å². The van der Waals surface area contributed by atoms with Crippen LogP contribution in [0, 0.1) is 0 Å². The Kier molecular flexibility index (Phi) is 7.60. The van der Waals surface area contributed by atoms with Gasteiger partial charge in [0.25, 0.3) is 5.56 Å². The number of aliphatic hydroxyl groups excluding tert-OH is 1. The maximum absolute atomic E-state index is 13.2. The van der Waals surface area contributed by atoms with Crippen molar-refractivity contribution in [2.45, 2.75) is 65.5 Å². The van der Waals surface area contributed by atoms with E-state index in [1.165, 1.54) is 4.57 Å². The zero-order valence-corrected chi connectivity index (χ0v) is 18.9. The number of nitrogens with zero attached hydrogens (tertiary/aromatic N) is 4. The van der Waals surface area contributed by atoms with Crippen LogP contribution in [0.25, 0.3) is 11.2 Å². The van der Waals surface area contributed by atoms with Crippen LogP contribution in [-0.2, 0) is 37.2 Å². The predicted molar refractivity (Wildman–Crippen MR) is 119 cm³/mol. The number of hydrogen-bond acceptors (Lipinski definition) is 5. The molecule has 0 saturated heterocycles. The second-order valence-electron chi connectivity index (χ2n) is 7.81. The number of aliphatic hydroxyl groups is 1. The van der Waals surface area contributed by atoms with Crippen LogP contribution in [0.5, 0.6) is 0 Å². The van der Waals surface area contributed by atoms with Crippen LogP contribution in [0.1, 0.15) is 44.5 Å². The van der Waals surface area contributed by atoms with Gasteiger partial charge in [-0.3, -0.25) is 14.2 Å². The van der Waals surface area contributed by atoms with Gasteiger partial charge in [-0.25, -0.2) is 14.3 Å². The van der Waals surface area contributed by atoms with Crippen molar-refractivity contribution < 1.29 is 23.1 Å². The van der Waals surface area contributed by atoms with E-state index in [2.05, 4.69) is 10.3 Å². The molecule has 12 heteroatoms. The number of aryl methyl sites for hydroxylation is 2. The molecule has 0 spiro atoms. The standard InChI is InChI=1S/C22H26F3N5O4/c1-3-5-11-29-19-18(28(10-4-2)16(13-31)27-19)20(33)30(21(29)34)12-17(32)26-15-8-6-14(7-9-15)22(23,24)25/h6-9,31H,3-5,10-13H2,1-2H3,(H,26,32). The number of halogens is 3. The van der Waals surface area contributed by atoms with Crippen molar-refractivity contribution in [1.82, 2.24) is 18.7 Å². The molecule has 1 aromatic carbocycles. The van der Waals surface area contributed by atoms with E-state index in [9.17, 15) is 32.7 Å². The molecule has 1 amide bonds. The fraction of sp³-hybridized carbons (Fsp3) is 0.455. The Morgan fingerprint density at radius 1 is 1.03 bits per heavy atom. The molecule has 184 valence electrons. The number of hydrogen-bond donors (Lipinski definition) is 2. The van der Waals surface area contributed by atoms with Crippen molar-refractivity contribution in [3.05, 3.63) is 56.5 Å². The Morgan fingerprint density at radius 3 is 2.26 bits per heavy atom. The van der Waals surface area contributed by atoms with Gasteiger partial charge in [-0.1, -0.05) is 20.3 Å². The number of carbonyl (C=O) groups excluding carboxylic acids is 1. The molecule has 3 rings (SSSR count). The summed E-state index contributed by atoms with van der Waals surface area (Å²) < 4.78 is 41.9. The van der Waals surface area contributed by atoms with Crippen LogP contribution < -0.4 is 16.6 Å². The Morgan fingerprint density at radius 2 is 1.71 bits per heavy atom. The number of unbranched alkanes of at least 4 members (excludes halogenated alkanes) is 1. The number of imidazole rings is 1. The van der Waals surface area contributed by atoms with Gasteiger partial charge in [-0.15, -0.1) is 0 Å². The van der Waals surface area contributed by atoms with Crippen molar-refractivity contribution in [1.29, 1.82) is 0 Å². The van der Waals surface area contributed by atoms with E-state index >= 15 is 0 Å². The van der Waals surface area contributed by atoms with Crippen molar-refractivity contribution in [2.24, 2.45) is 0 Å². The van der Waals surface area contributed by atoms with E-state index < -0.39 is 42.0 Å². The predicted octanol–water partition coefficient (Wildman–Crippen LogP) is 2.72. The molecule has 0 radical (unpaired) electrons. The van der Waals surface area contributed by atoms with Crippen molar-refractivity contribution in [2.75, 3.05) is 5.32 Å². The highest BCUT2D eigenvalue weighted by molar-refractivity contribution is 5.90. The number of benzene rings is 1. The lowest BCUT2D eigenvalue weighted by Crippen LogP contribution is -2.43. The number of nitrogens with one attached hydrogen (secondary N) is 1. The van der Waals surface area contributed by atoms with Gasteiger partial charge < -0.3 is 15.0 Å². The lowest BCUT2D eigenvalue weighted by Gasteiger charge is -2.13. The lowest BCUT2D eigenvalue weighted by atomic mass is 10.2. The number of carbonyl (C=O) groups is 1. The molecular weight excluding hydrogens is 455 g/mol. The molecule has 0 saturated carbocycles. The van der Waals surface area contributed by atoms with Crippen molar-refractivity contribution >= 4 is 22.8 Å². The van der Waals surface area contributed by atoms with Gasteiger partial charge in [0.1, 0.15) is 19.0 Å². The first-order valence-corrected chi connectivity index (χ1v) is 10.9. The van der Waals surface area contributed by atoms with Crippen molar-refractivity contribution in [3.63, 3.8) is 0 Å². The highest BCUT2D eigenvalue weighted by Crippen LogP contribution is 2.29. The lowest BCUT2D eigenvalue weighted by molar-refractivity contribution is -0.137. The third-order valence-electron chi connectivity index (χ3n) is 5.32. The van der Waals surface area contributed by atoms with E-state index in [0.717, 1.165) is 35.3 Å². The third-order valence-corrected chi connectivity index (χ3v) is 5.32. The fourth-order valence-corrected chi connectivity index (χ4v) is 3.66. The number of anilines is 1. The minimum atomic E-state index is -4.51. The summed E-state index contributed by atoms with van der Waals surface area (Å²) >= 11 is 0. The molecule has 0 aliphatic carbocycles. The number of amides is 1. The summed E-state index contributed by atoms with van der Waals surface area (Å²) in [5.74, 6) is -0.505. The van der Waals surface area contributed by atoms with E-state index in [4.69, 9.17) is 0 Å². The zero-order valence-electron chi connectivity index (χ0n) is 18.9. The molecule has 0 aliphatic heterocycles. The van der Waals surface area contributed by atoms with Gasteiger partial charge in [0.05, 0.1) is 5.56 Å². The zero-order chi connectivity index (χ0) is 25.0. The van der Waals surface area contributed by atoms with Crippen LogP contribution in [0.4, 0.5) is 18.9 Å². The Hall–Kier alpha value is -3.41. The summed E-state index contributed by atoms with van der Waals surface area (Å²) in [5, 5.41) is 12.1. The van der Waals surface area contributed by atoms with Gasteiger partial charge in [0, 0.05) is 18.8 Å². The number of rotatable bonds is 9. The quantitative estimate of drug-likeness (QED) is 0.488. The molecule has 9 nitrogen and oxygen atoms in total. The number of aromatic nitrogens is 4. The number of alkyl halides is 3. The summed E-state index contributed by atoms with van der Waals surface area (Å²) in [7, 11) is 0. The molecule has 0 unspecified atom stereocenters. The Bertz CT molecular complexity index is 1290. The van der Waals surface area contributed by atoms with E-state index in [1.54, 1.807) is 4.57 Å². The molecule has 2 aromatic heterocycles. The summed E-state index contributed by atoms with van der Waals surface area (Å²) in [5.41, 5.74) is -1.95. The minimum absolute atomic E-state index is 0.0945. The minimum Gasteiger partial charge on any atom is -0.388 e. The van der Waals surface area contributed by atoms with Gasteiger partial charge in [-0.2, -0.15) is 13.2 Å². The SMILES string of the molecule is CCCCn1c(=O)n(CC(=O)Nc2ccc(C(F)(F)F)cc2)c(=O)c2c1nc(CO)n2CCC. The molecular formula is C22H26F3N5O4. The van der Waals surface area contributed by atoms with Gasteiger partial charge in [0.2, 0.25) is 5.91 Å². The molecule has 2 N–H and O–H groups in total. The van der Waals surface area contributed by atoms with Gasteiger partial charge in [0.15, 0.2) is 11.2 Å². The highest BCUT2D eigenvalue weighted by Gasteiger charge is 2.30. The fourth-order valence-electron chi connectivity index (χ4n) is 3.66. The molecule has 2 heterocycles. The normalized spacial score (nSPS) is 11.8. The van der Waals surface area contributed by atoms with Crippen molar-refractivity contribution in [3.8, 4) is 0 Å². The van der Waals surface area contributed by atoms with E-state index in [1.807, 2.05) is 13.8 Å². The average molecular weight is 481 g/mol. The summed E-state index contributed by atoms with van der Waals surface area (Å²) in [4.78, 5) is 43.3. The Balaban J connectivity index is 2.02. The maximum atomic E-state index is 13.2. The first-order valence-electron chi connectivity index (χ1n) is 10.9. The maximum Gasteiger partial charge on any atom is 0.416 e. The first-order chi connectivity index (χ1) is 16.1. The molecule has 0 atom stereocenters. The van der Waals surface area contributed by atoms with E-state index in [0.29, 0.717) is 19.4 Å². The molecule has 0 aliphatic rings. The highest BCUT2D eigenvalue weighted by atomic mass is 19.4.